The summed E-state index contributed by atoms with van der Waals surface area (Å²) in [5, 5.41) is 9.70. The number of amides is 1. The van der Waals surface area contributed by atoms with Crippen molar-refractivity contribution in [2.45, 2.75) is 128 Å². The molecule has 0 unspecified atom stereocenters. The number of carbonyl (C=O) groups excluding carboxylic acids is 3. The van der Waals surface area contributed by atoms with Crippen LogP contribution in [-0.4, -0.2) is 73.7 Å². The number of fused-ring (bicyclic) bond motifs is 11. The van der Waals surface area contributed by atoms with Crippen LogP contribution in [0.5, 0.6) is 0 Å². The predicted molar refractivity (Wildman–Crippen MR) is 300 cm³/mol. The molecule has 77 heavy (non-hydrogen) atoms. The number of hydrazine groups is 1. The molecule has 398 valence electrons. The molecule has 0 radical (unpaired) electrons. The van der Waals surface area contributed by atoms with Crippen molar-refractivity contribution in [1.82, 2.24) is 33.9 Å². The standard InChI is InChI=1S/C29H28N4O4.C28H30N4O3.C4H8O/c1-37-29(36)17-11-12-18-21(15-17)32-13-6-14-33-24-19(23-26(33)28(35)31-30-27(23)34)9-5-10-20(24)25(32)22(18)16-7-3-2-4-8-16;1-35-28(34)19-11-12-20-22(16-19)31-13-6-14-32-23(27(33)30-29)15-18-9-5-10-21(25(18)32)26(31)24(20)17-7-3-2-4-8-17;1-2-4-5-3-1/h5,9-12,15-16H,2-4,6-8,13-14H2,1H3,(H,30,34)(H,31,35);5,9-12,15-17H,2-4,6-8,13-14,29H2,1H3,(H,30,33);1-4H2. The number of nitrogens with zero attached hydrogens (tertiary/aromatic N) is 4. The minimum atomic E-state index is -0.344. The average molecular weight is 1040 g/mol. The van der Waals surface area contributed by atoms with Gasteiger partial charge in [-0.15, -0.1) is 0 Å². The zero-order chi connectivity index (χ0) is 52.9. The van der Waals surface area contributed by atoms with Crippen LogP contribution in [0.25, 0.3) is 77.0 Å². The monoisotopic (exact) mass is 1040 g/mol. The highest BCUT2D eigenvalue weighted by Crippen LogP contribution is 2.49. The van der Waals surface area contributed by atoms with Gasteiger partial charge in [-0.25, -0.2) is 15.4 Å². The molecule has 2 saturated carbocycles. The predicted octanol–water partition coefficient (Wildman–Crippen LogP) is 10.9. The Bertz CT molecular complexity index is 3900. The quantitative estimate of drug-likeness (QED) is 0.0560. The van der Waals surface area contributed by atoms with Gasteiger partial charge in [0, 0.05) is 83.1 Å². The number of hydrogen-bond acceptors (Lipinski definition) is 9. The van der Waals surface area contributed by atoms with Crippen molar-refractivity contribution in [3.8, 4) is 22.5 Å². The van der Waals surface area contributed by atoms with Gasteiger partial charge >= 0.3 is 11.9 Å². The van der Waals surface area contributed by atoms with E-state index in [9.17, 15) is 24.0 Å². The second kappa shape index (κ2) is 21.0. The van der Waals surface area contributed by atoms with E-state index in [4.69, 9.17) is 20.1 Å². The van der Waals surface area contributed by atoms with Gasteiger partial charge in [-0.2, -0.15) is 0 Å². The van der Waals surface area contributed by atoms with Crippen molar-refractivity contribution in [3.63, 3.8) is 0 Å². The van der Waals surface area contributed by atoms with Crippen molar-refractivity contribution in [2.75, 3.05) is 27.4 Å². The molecule has 0 bridgehead atoms. The second-order valence-corrected chi connectivity index (χ2v) is 21.4. The first-order valence-corrected chi connectivity index (χ1v) is 27.7. The van der Waals surface area contributed by atoms with E-state index < -0.39 is 0 Å². The maximum Gasteiger partial charge on any atom is 0.337 e. The van der Waals surface area contributed by atoms with E-state index in [-0.39, 0.29) is 29.0 Å². The van der Waals surface area contributed by atoms with Gasteiger partial charge < -0.3 is 32.5 Å². The number of para-hydroxylation sites is 2. The minimum Gasteiger partial charge on any atom is -0.465 e. The Kier molecular flexibility index (Phi) is 13.7. The van der Waals surface area contributed by atoms with Gasteiger partial charge in [0.1, 0.15) is 11.2 Å². The lowest BCUT2D eigenvalue weighted by Crippen LogP contribution is -2.32. The van der Waals surface area contributed by atoms with Crippen LogP contribution in [0.3, 0.4) is 0 Å². The van der Waals surface area contributed by atoms with E-state index in [1.54, 1.807) is 0 Å². The van der Waals surface area contributed by atoms with Crippen molar-refractivity contribution in [2.24, 2.45) is 5.84 Å². The van der Waals surface area contributed by atoms with E-state index >= 15 is 0 Å². The summed E-state index contributed by atoms with van der Waals surface area (Å²) in [7, 11) is 2.83. The third-order valence-electron chi connectivity index (χ3n) is 17.0. The van der Waals surface area contributed by atoms with Gasteiger partial charge in [0.25, 0.3) is 17.0 Å². The number of esters is 2. The van der Waals surface area contributed by atoms with Crippen LogP contribution in [0.2, 0.25) is 0 Å². The van der Waals surface area contributed by atoms with Crippen molar-refractivity contribution in [1.29, 1.82) is 0 Å². The number of ether oxygens (including phenoxy) is 3. The molecule has 0 atom stereocenters. The van der Waals surface area contributed by atoms with Crippen LogP contribution >= 0.6 is 0 Å². The summed E-state index contributed by atoms with van der Waals surface area (Å²) >= 11 is 0. The summed E-state index contributed by atoms with van der Waals surface area (Å²) in [5.74, 6) is 5.46. The number of nitrogens with one attached hydrogen (secondary N) is 3. The largest absolute Gasteiger partial charge is 0.465 e. The van der Waals surface area contributed by atoms with Crippen LogP contribution < -0.4 is 22.4 Å². The maximum absolute atomic E-state index is 12.9. The molecule has 5 aliphatic rings. The van der Waals surface area contributed by atoms with Gasteiger partial charge in [0.2, 0.25) is 0 Å². The van der Waals surface area contributed by atoms with Gasteiger partial charge in [0.05, 0.1) is 53.2 Å². The first-order chi connectivity index (χ1) is 37.7. The van der Waals surface area contributed by atoms with Crippen molar-refractivity contribution < 1.29 is 28.6 Å². The number of aryl methyl sites for hydroxylation is 4. The molecular weight excluding hydrogens is 973 g/mol. The second-order valence-electron chi connectivity index (χ2n) is 21.4. The molecular formula is C61H66N8O8. The molecule has 16 heteroatoms. The van der Waals surface area contributed by atoms with Gasteiger partial charge in [-0.3, -0.25) is 30.0 Å². The summed E-state index contributed by atoms with van der Waals surface area (Å²) in [6, 6.07) is 26.2. The first kappa shape index (κ1) is 50.1. The van der Waals surface area contributed by atoms with Gasteiger partial charge in [-0.1, -0.05) is 87.1 Å². The number of hydrogen-bond donors (Lipinski definition) is 4. The molecule has 1 saturated heterocycles. The summed E-state index contributed by atoms with van der Waals surface area (Å²) in [6.07, 6.45) is 16.2. The number of nitrogens with two attached hydrogens (primary N) is 1. The first-order valence-electron chi connectivity index (χ1n) is 27.7. The van der Waals surface area contributed by atoms with Crippen LogP contribution in [0, 0.1) is 0 Å². The molecule has 5 aromatic heterocycles. The van der Waals surface area contributed by atoms with E-state index in [2.05, 4.69) is 65.7 Å². The van der Waals surface area contributed by atoms with Crippen LogP contribution in [0.1, 0.15) is 144 Å². The smallest absolute Gasteiger partial charge is 0.337 e. The Morgan fingerprint density at radius 2 is 1.08 bits per heavy atom. The summed E-state index contributed by atoms with van der Waals surface area (Å²) in [6.45, 7) is 4.84. The maximum atomic E-state index is 12.9. The highest BCUT2D eigenvalue weighted by Gasteiger charge is 2.33. The number of nitrogen functional groups attached to an aromatic ring is 1. The molecule has 2 aliphatic carbocycles. The Morgan fingerprint density at radius 3 is 1.61 bits per heavy atom. The molecule has 5 N–H and O–H groups in total. The summed E-state index contributed by atoms with van der Waals surface area (Å²) in [4.78, 5) is 63.3. The normalized spacial score (nSPS) is 16.6. The topological polar surface area (TPSA) is 202 Å². The molecule has 16 nitrogen and oxygen atoms in total. The third kappa shape index (κ3) is 8.65. The number of carbonyl (C=O) groups is 3. The van der Waals surface area contributed by atoms with Gasteiger partial charge in [0.15, 0.2) is 0 Å². The Balaban J connectivity index is 0.000000142. The van der Waals surface area contributed by atoms with E-state index in [0.717, 1.165) is 102 Å². The van der Waals surface area contributed by atoms with E-state index in [0.29, 0.717) is 52.6 Å². The van der Waals surface area contributed by atoms with Crippen LogP contribution in [0.15, 0.2) is 88.5 Å². The SMILES string of the molecule is C1CCOC1.COC(=O)c1ccc2c(C3CCCCC3)c3n(c2c1)CCCn1c(C(=O)NN)cc2cccc-3c21.COC(=O)c1ccc2c(C3CCCCC3)c3n(c2c1)CCCn1c2c-3cccc2c2c(=O)[nH][nH]c(=O)c21. The molecule has 3 fully saturated rings. The number of rotatable bonds is 5. The molecule has 3 aliphatic heterocycles. The fourth-order valence-electron chi connectivity index (χ4n) is 13.7. The zero-order valence-corrected chi connectivity index (χ0v) is 43.9. The lowest BCUT2D eigenvalue weighted by Gasteiger charge is -2.25. The molecule has 9 aromatic rings. The van der Waals surface area contributed by atoms with Crippen LogP contribution in [0.4, 0.5) is 0 Å². The molecule has 4 aromatic carbocycles. The summed E-state index contributed by atoms with van der Waals surface area (Å²) < 4.78 is 23.9. The number of aromatic nitrogens is 6. The fraction of sp³-hybridized carbons (Fsp3) is 0.393. The fourth-order valence-corrected chi connectivity index (χ4v) is 13.7. The third-order valence-corrected chi connectivity index (χ3v) is 17.0. The average Bonchev–Trinajstić information content (AvgIpc) is 4.34. The zero-order valence-electron chi connectivity index (χ0n) is 43.9. The summed E-state index contributed by atoms with van der Waals surface area (Å²) in [5.41, 5.74) is 15.2. The molecule has 0 spiro atoms. The van der Waals surface area contributed by atoms with E-state index in [1.807, 2.05) is 47.0 Å². The lowest BCUT2D eigenvalue weighted by molar-refractivity contribution is 0.0592. The number of H-pyrrole nitrogens is 2. The minimum absolute atomic E-state index is 0.275. The molecule has 8 heterocycles. The highest BCUT2D eigenvalue weighted by atomic mass is 16.5. The number of methoxy groups -OCH3 is 2. The van der Waals surface area contributed by atoms with E-state index in [1.165, 1.54) is 106 Å². The molecule has 1 amide bonds. The Morgan fingerprint density at radius 1 is 0.558 bits per heavy atom. The number of benzene rings is 4. The van der Waals surface area contributed by atoms with Crippen molar-refractivity contribution in [3.05, 3.63) is 128 Å². The molecule has 14 rings (SSSR count). The lowest BCUT2D eigenvalue weighted by atomic mass is 9.81. The Labute approximate surface area is 444 Å². The Hall–Kier alpha value is -7.69. The van der Waals surface area contributed by atoms with Crippen molar-refractivity contribution >= 4 is 72.4 Å². The van der Waals surface area contributed by atoms with Gasteiger partial charge in [-0.05, 0) is 105 Å². The number of aromatic amines is 2. The van der Waals surface area contributed by atoms with Crippen LogP contribution in [-0.2, 0) is 40.4 Å². The highest BCUT2D eigenvalue weighted by molar-refractivity contribution is 6.13.